The second-order valence-electron chi connectivity index (χ2n) is 6.06. The smallest absolute Gasteiger partial charge is 0.0209 e. The van der Waals surface area contributed by atoms with Crippen LogP contribution < -0.4 is 5.32 Å². The highest BCUT2D eigenvalue weighted by Gasteiger charge is 2.27. The van der Waals surface area contributed by atoms with Crippen LogP contribution in [0.2, 0.25) is 0 Å². The summed E-state index contributed by atoms with van der Waals surface area (Å²) in [6.45, 7) is 15.3. The zero-order valence-corrected chi connectivity index (χ0v) is 11.1. The third-order valence-electron chi connectivity index (χ3n) is 3.45. The van der Waals surface area contributed by atoms with Gasteiger partial charge < -0.3 is 10.2 Å². The van der Waals surface area contributed by atoms with Crippen molar-refractivity contribution in [2.24, 2.45) is 5.41 Å². The van der Waals surface area contributed by atoms with Crippen molar-refractivity contribution in [2.45, 2.75) is 59.5 Å². The SMILES string of the molecule is CCC(C)(C)CN1CCC(NC(C)C)C1. The van der Waals surface area contributed by atoms with Crippen LogP contribution in [-0.4, -0.2) is 36.6 Å². The summed E-state index contributed by atoms with van der Waals surface area (Å²) in [6, 6.07) is 1.34. The predicted molar refractivity (Wildman–Crippen MR) is 67.2 cm³/mol. The van der Waals surface area contributed by atoms with E-state index in [0.29, 0.717) is 11.5 Å². The summed E-state index contributed by atoms with van der Waals surface area (Å²) >= 11 is 0. The second kappa shape index (κ2) is 5.31. The van der Waals surface area contributed by atoms with Crippen molar-refractivity contribution in [3.63, 3.8) is 0 Å². The van der Waals surface area contributed by atoms with Crippen LogP contribution in [0.15, 0.2) is 0 Å². The molecule has 0 spiro atoms. The van der Waals surface area contributed by atoms with Crippen LogP contribution in [0, 0.1) is 5.41 Å². The molecule has 0 bridgehead atoms. The molecule has 0 aromatic carbocycles. The van der Waals surface area contributed by atoms with Gasteiger partial charge in [-0.1, -0.05) is 34.6 Å². The van der Waals surface area contributed by atoms with E-state index in [1.807, 2.05) is 0 Å². The van der Waals surface area contributed by atoms with Crippen molar-refractivity contribution in [1.29, 1.82) is 0 Å². The summed E-state index contributed by atoms with van der Waals surface area (Å²) < 4.78 is 0. The Morgan fingerprint density at radius 3 is 2.60 bits per heavy atom. The lowest BCUT2D eigenvalue weighted by Gasteiger charge is -2.29. The van der Waals surface area contributed by atoms with E-state index in [1.54, 1.807) is 0 Å². The molecule has 0 amide bonds. The molecule has 1 atom stereocenters. The first-order chi connectivity index (χ1) is 6.93. The van der Waals surface area contributed by atoms with Crippen LogP contribution in [0.1, 0.15) is 47.5 Å². The first-order valence-corrected chi connectivity index (χ1v) is 6.41. The van der Waals surface area contributed by atoms with E-state index < -0.39 is 0 Å². The predicted octanol–water partition coefficient (Wildman–Crippen LogP) is 2.49. The maximum absolute atomic E-state index is 3.63. The normalized spacial score (nSPS) is 24.0. The van der Waals surface area contributed by atoms with Gasteiger partial charge in [0.1, 0.15) is 0 Å². The Bertz CT molecular complexity index is 187. The number of hydrogen-bond acceptors (Lipinski definition) is 2. The van der Waals surface area contributed by atoms with Gasteiger partial charge in [0.15, 0.2) is 0 Å². The lowest BCUT2D eigenvalue weighted by atomic mass is 9.90. The molecule has 0 aromatic rings. The van der Waals surface area contributed by atoms with Crippen molar-refractivity contribution in [1.82, 2.24) is 10.2 Å². The van der Waals surface area contributed by atoms with Crippen LogP contribution >= 0.6 is 0 Å². The monoisotopic (exact) mass is 212 g/mol. The van der Waals surface area contributed by atoms with Crippen LogP contribution in [-0.2, 0) is 0 Å². The van der Waals surface area contributed by atoms with Gasteiger partial charge in [0, 0.05) is 25.2 Å². The maximum Gasteiger partial charge on any atom is 0.0209 e. The van der Waals surface area contributed by atoms with Gasteiger partial charge in [-0.25, -0.2) is 0 Å². The fourth-order valence-electron chi connectivity index (χ4n) is 2.30. The van der Waals surface area contributed by atoms with E-state index in [4.69, 9.17) is 0 Å². The van der Waals surface area contributed by atoms with Gasteiger partial charge >= 0.3 is 0 Å². The number of hydrogen-bond donors (Lipinski definition) is 1. The molecule has 2 heteroatoms. The van der Waals surface area contributed by atoms with Gasteiger partial charge in [-0.15, -0.1) is 0 Å². The molecule has 90 valence electrons. The Hall–Kier alpha value is -0.0800. The summed E-state index contributed by atoms with van der Waals surface area (Å²) in [5.74, 6) is 0. The van der Waals surface area contributed by atoms with Gasteiger partial charge in [0.05, 0.1) is 0 Å². The van der Waals surface area contributed by atoms with Crippen molar-refractivity contribution >= 4 is 0 Å². The van der Waals surface area contributed by atoms with Gasteiger partial charge in [-0.2, -0.15) is 0 Å². The van der Waals surface area contributed by atoms with Crippen molar-refractivity contribution in [3.05, 3.63) is 0 Å². The quantitative estimate of drug-likeness (QED) is 0.753. The molecule has 1 aliphatic heterocycles. The number of nitrogens with zero attached hydrogens (tertiary/aromatic N) is 1. The molecule has 0 saturated carbocycles. The Morgan fingerprint density at radius 2 is 2.07 bits per heavy atom. The molecule has 0 aliphatic carbocycles. The molecule has 0 aromatic heterocycles. The zero-order chi connectivity index (χ0) is 11.5. The van der Waals surface area contributed by atoms with Gasteiger partial charge in [0.2, 0.25) is 0 Å². The van der Waals surface area contributed by atoms with Gasteiger partial charge in [-0.3, -0.25) is 0 Å². The zero-order valence-electron chi connectivity index (χ0n) is 11.1. The van der Waals surface area contributed by atoms with Crippen LogP contribution in [0.25, 0.3) is 0 Å². The highest BCUT2D eigenvalue weighted by molar-refractivity contribution is 4.84. The average Bonchev–Trinajstić information content (AvgIpc) is 2.50. The minimum atomic E-state index is 0.479. The molecule has 0 radical (unpaired) electrons. The summed E-state index contributed by atoms with van der Waals surface area (Å²) in [4.78, 5) is 2.61. The minimum absolute atomic E-state index is 0.479. The van der Waals surface area contributed by atoms with E-state index >= 15 is 0 Å². The standard InChI is InChI=1S/C13H28N2/c1-6-13(4,5)10-15-8-7-12(9-15)14-11(2)3/h11-12,14H,6-10H2,1-5H3. The first kappa shape index (κ1) is 13.0. The van der Waals surface area contributed by atoms with Crippen LogP contribution in [0.4, 0.5) is 0 Å². The fraction of sp³-hybridized carbons (Fsp3) is 1.00. The summed E-state index contributed by atoms with van der Waals surface area (Å²) in [7, 11) is 0. The van der Waals surface area contributed by atoms with Crippen molar-refractivity contribution in [3.8, 4) is 0 Å². The lowest BCUT2D eigenvalue weighted by Crippen LogP contribution is -2.39. The average molecular weight is 212 g/mol. The topological polar surface area (TPSA) is 15.3 Å². The van der Waals surface area contributed by atoms with E-state index in [0.717, 1.165) is 6.04 Å². The Balaban J connectivity index is 2.30. The van der Waals surface area contributed by atoms with Crippen LogP contribution in [0.3, 0.4) is 0 Å². The molecular weight excluding hydrogens is 184 g/mol. The molecule has 1 saturated heterocycles. The Morgan fingerprint density at radius 1 is 1.40 bits per heavy atom. The fourth-order valence-corrected chi connectivity index (χ4v) is 2.30. The maximum atomic E-state index is 3.63. The number of likely N-dealkylation sites (tertiary alicyclic amines) is 1. The van der Waals surface area contributed by atoms with Gasteiger partial charge in [-0.05, 0) is 24.8 Å². The summed E-state index contributed by atoms with van der Waals surface area (Å²) in [5, 5.41) is 3.63. The van der Waals surface area contributed by atoms with Crippen molar-refractivity contribution in [2.75, 3.05) is 19.6 Å². The van der Waals surface area contributed by atoms with E-state index in [-0.39, 0.29) is 0 Å². The number of rotatable bonds is 5. The molecular formula is C13H28N2. The largest absolute Gasteiger partial charge is 0.310 e. The molecule has 1 heterocycles. The van der Waals surface area contributed by atoms with Gasteiger partial charge in [0.25, 0.3) is 0 Å². The van der Waals surface area contributed by atoms with E-state index in [9.17, 15) is 0 Å². The highest BCUT2D eigenvalue weighted by atomic mass is 15.2. The molecule has 1 aliphatic rings. The highest BCUT2D eigenvalue weighted by Crippen LogP contribution is 2.23. The summed E-state index contributed by atoms with van der Waals surface area (Å²) in [5.41, 5.74) is 0.479. The number of nitrogens with one attached hydrogen (secondary N) is 1. The molecule has 1 unspecified atom stereocenters. The summed E-state index contributed by atoms with van der Waals surface area (Å²) in [6.07, 6.45) is 2.59. The second-order valence-corrected chi connectivity index (χ2v) is 6.06. The molecule has 2 nitrogen and oxygen atoms in total. The molecule has 1 N–H and O–H groups in total. The van der Waals surface area contributed by atoms with Crippen molar-refractivity contribution < 1.29 is 0 Å². The third-order valence-corrected chi connectivity index (χ3v) is 3.45. The van der Waals surface area contributed by atoms with Crippen LogP contribution in [0.5, 0.6) is 0 Å². The molecule has 1 fully saturated rings. The Kier molecular flexibility index (Phi) is 4.60. The third kappa shape index (κ3) is 4.52. The lowest BCUT2D eigenvalue weighted by molar-refractivity contribution is 0.199. The molecule has 15 heavy (non-hydrogen) atoms. The first-order valence-electron chi connectivity index (χ1n) is 6.41. The van der Waals surface area contributed by atoms with E-state index in [1.165, 1.54) is 32.5 Å². The minimum Gasteiger partial charge on any atom is -0.310 e. The Labute approximate surface area is 95.4 Å². The molecule has 1 rings (SSSR count). The van der Waals surface area contributed by atoms with E-state index in [2.05, 4.69) is 44.8 Å².